The highest BCUT2D eigenvalue weighted by atomic mass is 16.3. The normalized spacial score (nSPS) is 14.3. The van der Waals surface area contributed by atoms with E-state index < -0.39 is 5.41 Å². The second-order valence-corrected chi connectivity index (χ2v) is 16.4. The number of hydrogen-bond acceptors (Lipinski definition) is 2. The molecule has 0 saturated heterocycles. The predicted molar refractivity (Wildman–Crippen MR) is 241 cm³/mol. The highest BCUT2D eigenvalue weighted by Crippen LogP contribution is 2.59. The number of rotatable bonds is 5. The van der Waals surface area contributed by atoms with Crippen molar-refractivity contribution >= 4 is 49.8 Å². The summed E-state index contributed by atoms with van der Waals surface area (Å²) in [7, 11) is 0. The molecule has 0 bridgehead atoms. The van der Waals surface area contributed by atoms with Crippen LogP contribution in [0.5, 0.6) is 0 Å². The largest absolute Gasteiger partial charge is 0.453 e. The van der Waals surface area contributed by atoms with Gasteiger partial charge < -0.3 is 9.32 Å². The molecule has 0 radical (unpaired) electrons. The van der Waals surface area contributed by atoms with E-state index in [-0.39, 0.29) is 5.41 Å². The molecule has 12 rings (SSSR count). The van der Waals surface area contributed by atoms with Gasteiger partial charge in [0.1, 0.15) is 5.58 Å². The maximum atomic E-state index is 7.32. The van der Waals surface area contributed by atoms with Crippen LogP contribution in [0, 0.1) is 0 Å². The van der Waals surface area contributed by atoms with Gasteiger partial charge in [-0.3, -0.25) is 0 Å². The number of para-hydroxylation sites is 2. The highest BCUT2D eigenvalue weighted by molar-refractivity contribution is 6.24. The van der Waals surface area contributed by atoms with Gasteiger partial charge in [-0.05, 0) is 91.4 Å². The van der Waals surface area contributed by atoms with Crippen LogP contribution in [0.1, 0.15) is 47.2 Å². The Morgan fingerprint density at radius 1 is 0.414 bits per heavy atom. The third kappa shape index (κ3) is 4.32. The van der Waals surface area contributed by atoms with E-state index in [1.165, 1.54) is 66.4 Å². The average molecular weight is 742 g/mol. The van der Waals surface area contributed by atoms with E-state index in [2.05, 4.69) is 219 Å². The molecule has 0 atom stereocenters. The van der Waals surface area contributed by atoms with Crippen molar-refractivity contribution in [1.82, 2.24) is 0 Å². The number of benzene rings is 9. The zero-order valence-corrected chi connectivity index (χ0v) is 32.4. The van der Waals surface area contributed by atoms with Gasteiger partial charge in [-0.15, -0.1) is 0 Å². The van der Waals surface area contributed by atoms with Gasteiger partial charge in [0.25, 0.3) is 0 Å². The molecule has 2 aliphatic rings. The Kier molecular flexibility index (Phi) is 6.93. The molecule has 0 amide bonds. The minimum atomic E-state index is -0.516. The van der Waals surface area contributed by atoms with Gasteiger partial charge in [0.05, 0.1) is 11.1 Å². The van der Waals surface area contributed by atoms with Gasteiger partial charge in [0.15, 0.2) is 5.58 Å². The summed E-state index contributed by atoms with van der Waals surface area (Å²) >= 11 is 0. The van der Waals surface area contributed by atoms with E-state index in [1.54, 1.807) is 0 Å². The van der Waals surface area contributed by atoms with Gasteiger partial charge in [-0.2, -0.15) is 0 Å². The SMILES string of the molecule is CC1(C)c2ccccc2-c2c1c1c3cccc(N(c4ccccc4)c4ccc5c(c4)C(c4ccccc4)(c4ccccc4)c4ccccc4-5)c3oc1c1ccccc21. The molecule has 0 spiro atoms. The zero-order chi connectivity index (χ0) is 38.6. The molecule has 274 valence electrons. The first-order valence-corrected chi connectivity index (χ1v) is 20.3. The maximum absolute atomic E-state index is 7.32. The van der Waals surface area contributed by atoms with E-state index in [1.807, 2.05) is 0 Å². The van der Waals surface area contributed by atoms with E-state index in [4.69, 9.17) is 4.42 Å². The lowest BCUT2D eigenvalue weighted by Crippen LogP contribution is -2.28. The van der Waals surface area contributed by atoms with Gasteiger partial charge in [0.2, 0.25) is 0 Å². The molecule has 0 aliphatic heterocycles. The molecule has 1 heterocycles. The van der Waals surface area contributed by atoms with Crippen molar-refractivity contribution in [3.8, 4) is 22.3 Å². The van der Waals surface area contributed by atoms with Crippen LogP contribution in [-0.2, 0) is 10.8 Å². The first-order valence-electron chi connectivity index (χ1n) is 20.3. The Balaban J connectivity index is 1.16. The molecule has 2 aliphatic carbocycles. The van der Waals surface area contributed by atoms with Crippen LogP contribution in [0.2, 0.25) is 0 Å². The molecule has 9 aromatic carbocycles. The first-order chi connectivity index (χ1) is 28.6. The fraction of sp³-hybridized carbons (Fsp3) is 0.0714. The zero-order valence-electron chi connectivity index (χ0n) is 32.4. The lowest BCUT2D eigenvalue weighted by molar-refractivity contribution is 0.659. The van der Waals surface area contributed by atoms with E-state index >= 15 is 0 Å². The molecule has 2 heteroatoms. The third-order valence-electron chi connectivity index (χ3n) is 13.1. The van der Waals surface area contributed by atoms with Crippen molar-refractivity contribution in [3.63, 3.8) is 0 Å². The first kappa shape index (κ1) is 33.0. The van der Waals surface area contributed by atoms with Crippen molar-refractivity contribution in [2.75, 3.05) is 4.90 Å². The molecule has 0 fully saturated rings. The van der Waals surface area contributed by atoms with Crippen molar-refractivity contribution in [1.29, 1.82) is 0 Å². The minimum Gasteiger partial charge on any atom is -0.453 e. The number of anilines is 3. The molecule has 0 unspecified atom stereocenters. The molecule has 58 heavy (non-hydrogen) atoms. The summed E-state index contributed by atoms with van der Waals surface area (Å²) in [6.45, 7) is 4.75. The number of fused-ring (bicyclic) bond motifs is 13. The molecule has 1 aromatic heterocycles. The summed E-state index contributed by atoms with van der Waals surface area (Å²) in [5.41, 5.74) is 17.2. The Morgan fingerprint density at radius 2 is 0.983 bits per heavy atom. The monoisotopic (exact) mass is 741 g/mol. The fourth-order valence-electron chi connectivity index (χ4n) is 10.7. The quantitative estimate of drug-likeness (QED) is 0.175. The number of hydrogen-bond donors (Lipinski definition) is 0. The van der Waals surface area contributed by atoms with Crippen LogP contribution in [0.25, 0.3) is 55.0 Å². The summed E-state index contributed by atoms with van der Waals surface area (Å²) in [6.07, 6.45) is 0. The Hall–Kier alpha value is -7.16. The van der Waals surface area contributed by atoms with Crippen molar-refractivity contribution in [2.24, 2.45) is 0 Å². The summed E-state index contributed by atoms with van der Waals surface area (Å²) in [5, 5.41) is 4.71. The van der Waals surface area contributed by atoms with Gasteiger partial charge in [-0.1, -0.05) is 184 Å². The van der Waals surface area contributed by atoms with E-state index in [9.17, 15) is 0 Å². The topological polar surface area (TPSA) is 16.4 Å². The molecule has 10 aromatic rings. The third-order valence-corrected chi connectivity index (χ3v) is 13.1. The van der Waals surface area contributed by atoms with Crippen molar-refractivity contribution in [2.45, 2.75) is 24.7 Å². The van der Waals surface area contributed by atoms with Crippen LogP contribution < -0.4 is 4.90 Å². The summed E-state index contributed by atoms with van der Waals surface area (Å²) < 4.78 is 7.32. The smallest absolute Gasteiger partial charge is 0.159 e. The second-order valence-electron chi connectivity index (χ2n) is 16.4. The van der Waals surface area contributed by atoms with E-state index in [0.717, 1.165) is 39.0 Å². The van der Waals surface area contributed by atoms with Crippen LogP contribution in [0.3, 0.4) is 0 Å². The Labute approximate surface area is 338 Å². The summed E-state index contributed by atoms with van der Waals surface area (Å²) in [6, 6.07) is 73.3. The van der Waals surface area contributed by atoms with Crippen molar-refractivity contribution in [3.05, 3.63) is 234 Å². The standard InChI is InChI=1S/C56H39NO/c1-55(2)46-30-16-15-28-44(46)50-42-26-12-13-27-43(42)54-51(52(50)55)45-29-18-32-49(53(45)58-54)57(38-23-10-5-11-24-38)39-33-34-41-40-25-14-17-31-47(40)56(48(41)35-39,36-19-6-3-7-20-36)37-21-8-4-9-22-37/h3-35H,1-2H3. The second kappa shape index (κ2) is 12.2. The molecule has 0 saturated carbocycles. The fourth-order valence-corrected chi connectivity index (χ4v) is 10.7. The molecule has 2 nitrogen and oxygen atoms in total. The van der Waals surface area contributed by atoms with Crippen LogP contribution in [0.15, 0.2) is 205 Å². The molecular weight excluding hydrogens is 703 g/mol. The lowest BCUT2D eigenvalue weighted by atomic mass is 9.67. The van der Waals surface area contributed by atoms with Gasteiger partial charge in [0, 0.05) is 32.9 Å². The number of nitrogens with zero attached hydrogens (tertiary/aromatic N) is 1. The summed E-state index contributed by atoms with van der Waals surface area (Å²) in [5.74, 6) is 0. The lowest BCUT2D eigenvalue weighted by Gasteiger charge is -2.34. The molecule has 0 N–H and O–H groups in total. The molecular formula is C56H39NO. The van der Waals surface area contributed by atoms with E-state index in [0.29, 0.717) is 0 Å². The van der Waals surface area contributed by atoms with Gasteiger partial charge >= 0.3 is 0 Å². The van der Waals surface area contributed by atoms with Crippen LogP contribution in [0.4, 0.5) is 17.1 Å². The average Bonchev–Trinajstić information content (AvgIpc) is 3.89. The Morgan fingerprint density at radius 3 is 1.71 bits per heavy atom. The van der Waals surface area contributed by atoms with Crippen molar-refractivity contribution < 1.29 is 4.42 Å². The minimum absolute atomic E-state index is 0.215. The van der Waals surface area contributed by atoms with Crippen LogP contribution in [-0.4, -0.2) is 0 Å². The predicted octanol–water partition coefficient (Wildman–Crippen LogP) is 14.9. The maximum Gasteiger partial charge on any atom is 0.159 e. The summed E-state index contributed by atoms with van der Waals surface area (Å²) in [4.78, 5) is 2.40. The Bertz CT molecular complexity index is 3210. The highest BCUT2D eigenvalue weighted by Gasteiger charge is 2.46. The van der Waals surface area contributed by atoms with Gasteiger partial charge in [-0.25, -0.2) is 0 Å². The number of furan rings is 1. The van der Waals surface area contributed by atoms with Crippen LogP contribution >= 0.6 is 0 Å².